The molecule has 2 amide bonds. The fraction of sp³-hybridized carbons (Fsp3) is 0.240. The Kier molecular flexibility index (Phi) is 8.11. The molecule has 0 unspecified atom stereocenters. The van der Waals surface area contributed by atoms with Crippen molar-refractivity contribution in [2.75, 3.05) is 38.6 Å². The molecule has 0 saturated carbocycles. The number of piperazine rings is 1. The second-order valence-corrected chi connectivity index (χ2v) is 9.28. The Morgan fingerprint density at radius 3 is 2.66 bits per heavy atom. The summed E-state index contributed by atoms with van der Waals surface area (Å²) in [6.07, 6.45) is 2.89. The number of benzene rings is 1. The van der Waals surface area contributed by atoms with Crippen LogP contribution >= 0.6 is 23.7 Å². The Bertz CT molecular complexity index is 1560. The second-order valence-electron chi connectivity index (χ2n) is 8.30. The number of halogens is 1. The first-order valence-electron chi connectivity index (χ1n) is 11.5. The van der Waals surface area contributed by atoms with E-state index in [1.165, 1.54) is 19.5 Å². The van der Waals surface area contributed by atoms with Gasteiger partial charge in [0.15, 0.2) is 15.6 Å². The number of nitriles is 1. The number of ether oxygens (including phenoxy) is 1. The summed E-state index contributed by atoms with van der Waals surface area (Å²) in [7, 11) is 1.53. The van der Waals surface area contributed by atoms with Gasteiger partial charge in [-0.3, -0.25) is 19.9 Å². The van der Waals surface area contributed by atoms with Gasteiger partial charge in [0, 0.05) is 49.2 Å². The van der Waals surface area contributed by atoms with Crippen LogP contribution in [0.25, 0.3) is 21.6 Å². The number of pyridine rings is 1. The molecule has 0 bridgehead atoms. The van der Waals surface area contributed by atoms with Gasteiger partial charge in [-0.15, -0.1) is 12.4 Å². The van der Waals surface area contributed by atoms with Gasteiger partial charge in [-0.05, 0) is 31.2 Å². The molecule has 0 atom stereocenters. The Morgan fingerprint density at radius 1 is 1.13 bits per heavy atom. The number of anilines is 1. The lowest BCUT2D eigenvalue weighted by atomic mass is 9.97. The van der Waals surface area contributed by atoms with E-state index in [-0.39, 0.29) is 34.7 Å². The van der Waals surface area contributed by atoms with E-state index in [0.29, 0.717) is 51.7 Å². The van der Waals surface area contributed by atoms with Gasteiger partial charge in [0.25, 0.3) is 11.8 Å². The number of hydrogen-bond acceptors (Lipinski definition) is 10. The number of carbonyl (C=O) groups excluding carboxylic acids is 2. The molecule has 1 aromatic carbocycles. The second kappa shape index (κ2) is 11.5. The maximum Gasteiger partial charge on any atom is 0.274 e. The number of fused-ring (bicyclic) bond motifs is 1. The molecule has 38 heavy (non-hydrogen) atoms. The number of nitrogens with zero attached hydrogens (tertiary/aromatic N) is 6. The van der Waals surface area contributed by atoms with E-state index in [2.05, 4.69) is 36.6 Å². The molecular formula is C25H23ClN8O3S. The minimum atomic E-state index is -0.442. The average Bonchev–Trinajstić information content (AvgIpc) is 3.34. The SMILES string of the molecule is COc1ccc(C#N)cc1-c1cc(C)ncc1C(=O)Nc1nc2ncc(C(=O)N3CCNCC3)nc2s1.Cl. The maximum atomic E-state index is 13.3. The van der Waals surface area contributed by atoms with Gasteiger partial charge >= 0.3 is 0 Å². The number of nitrogens with one attached hydrogen (secondary N) is 2. The third-order valence-corrected chi connectivity index (χ3v) is 6.72. The average molecular weight is 551 g/mol. The zero-order chi connectivity index (χ0) is 25.9. The van der Waals surface area contributed by atoms with Crippen molar-refractivity contribution in [2.24, 2.45) is 0 Å². The Hall–Kier alpha value is -4.18. The quantitative estimate of drug-likeness (QED) is 0.382. The largest absolute Gasteiger partial charge is 0.496 e. The molecular weight excluding hydrogens is 528 g/mol. The van der Waals surface area contributed by atoms with Crippen LogP contribution < -0.4 is 15.4 Å². The first-order valence-corrected chi connectivity index (χ1v) is 12.3. The van der Waals surface area contributed by atoms with Crippen LogP contribution in [0.2, 0.25) is 0 Å². The molecule has 0 radical (unpaired) electrons. The zero-order valence-electron chi connectivity index (χ0n) is 20.5. The number of aryl methyl sites for hydroxylation is 1. The van der Waals surface area contributed by atoms with Crippen LogP contribution in [0.15, 0.2) is 36.7 Å². The van der Waals surface area contributed by atoms with Gasteiger partial charge in [0.1, 0.15) is 11.4 Å². The zero-order valence-corrected chi connectivity index (χ0v) is 22.2. The van der Waals surface area contributed by atoms with Gasteiger partial charge in [-0.25, -0.2) is 9.97 Å². The Balaban J connectivity index is 0.00000336. The van der Waals surface area contributed by atoms with Crippen molar-refractivity contribution in [1.82, 2.24) is 30.2 Å². The predicted octanol–water partition coefficient (Wildman–Crippen LogP) is 3.06. The lowest BCUT2D eigenvalue weighted by Crippen LogP contribution is -2.46. The number of aromatic nitrogens is 4. The molecule has 3 aromatic heterocycles. The molecule has 1 aliphatic rings. The van der Waals surface area contributed by atoms with Crippen molar-refractivity contribution in [3.63, 3.8) is 0 Å². The molecule has 1 saturated heterocycles. The normalized spacial score (nSPS) is 12.9. The van der Waals surface area contributed by atoms with Crippen LogP contribution in [0.5, 0.6) is 5.75 Å². The third-order valence-electron chi connectivity index (χ3n) is 5.87. The van der Waals surface area contributed by atoms with E-state index in [1.54, 1.807) is 29.2 Å². The summed E-state index contributed by atoms with van der Waals surface area (Å²) in [6.45, 7) is 4.51. The number of rotatable bonds is 5. The number of carbonyl (C=O) groups is 2. The molecule has 4 aromatic rings. The van der Waals surface area contributed by atoms with Gasteiger partial charge in [0.05, 0.1) is 30.5 Å². The lowest BCUT2D eigenvalue weighted by Gasteiger charge is -2.26. The van der Waals surface area contributed by atoms with Crippen LogP contribution in [0, 0.1) is 18.3 Å². The highest BCUT2D eigenvalue weighted by Gasteiger charge is 2.22. The Morgan fingerprint density at radius 2 is 1.92 bits per heavy atom. The Labute approximate surface area is 228 Å². The van der Waals surface area contributed by atoms with Crippen molar-refractivity contribution >= 4 is 51.2 Å². The topological polar surface area (TPSA) is 146 Å². The first-order chi connectivity index (χ1) is 18.0. The van der Waals surface area contributed by atoms with Crippen molar-refractivity contribution in [3.05, 3.63) is 59.2 Å². The summed E-state index contributed by atoms with van der Waals surface area (Å²) < 4.78 is 5.48. The fourth-order valence-electron chi connectivity index (χ4n) is 4.02. The molecule has 2 N–H and O–H groups in total. The van der Waals surface area contributed by atoms with E-state index in [0.717, 1.165) is 24.4 Å². The van der Waals surface area contributed by atoms with E-state index in [4.69, 9.17) is 4.74 Å². The molecule has 11 nitrogen and oxygen atoms in total. The van der Waals surface area contributed by atoms with Crippen molar-refractivity contribution in [1.29, 1.82) is 5.26 Å². The predicted molar refractivity (Wildman–Crippen MR) is 145 cm³/mol. The summed E-state index contributed by atoms with van der Waals surface area (Å²) in [6, 6.07) is 8.90. The summed E-state index contributed by atoms with van der Waals surface area (Å²) in [5, 5.41) is 15.7. The molecule has 1 fully saturated rings. The van der Waals surface area contributed by atoms with Crippen LogP contribution in [-0.2, 0) is 0 Å². The molecule has 13 heteroatoms. The molecule has 1 aliphatic heterocycles. The van der Waals surface area contributed by atoms with Crippen molar-refractivity contribution < 1.29 is 14.3 Å². The first kappa shape index (κ1) is 26.9. The summed E-state index contributed by atoms with van der Waals surface area (Å²) >= 11 is 1.13. The van der Waals surface area contributed by atoms with Crippen LogP contribution in [-0.4, -0.2) is 69.9 Å². The standard InChI is InChI=1S/C25H22N8O3S.ClH/c1-14-9-16(17-10-15(11-26)3-4-20(17)36-2)18(12-28-14)22(34)32-25-31-21-23(37-25)30-19(13-29-21)24(35)33-7-5-27-6-8-33;/h3-4,9-10,12-13,27H,5-8H2,1-2H3,(H,29,31,32,34);1H. The highest BCUT2D eigenvalue weighted by atomic mass is 35.5. The third kappa shape index (κ3) is 5.40. The van der Waals surface area contributed by atoms with Crippen LogP contribution in [0.1, 0.15) is 32.1 Å². The minimum absolute atomic E-state index is 0. The maximum absolute atomic E-state index is 13.3. The van der Waals surface area contributed by atoms with Gasteiger partial charge in [0.2, 0.25) is 0 Å². The summed E-state index contributed by atoms with van der Waals surface area (Å²) in [5.41, 5.74) is 3.17. The highest BCUT2D eigenvalue weighted by Crippen LogP contribution is 2.34. The molecule has 0 spiro atoms. The van der Waals surface area contributed by atoms with E-state index < -0.39 is 5.91 Å². The number of methoxy groups -OCH3 is 1. The summed E-state index contributed by atoms with van der Waals surface area (Å²) in [4.78, 5) is 45.7. The van der Waals surface area contributed by atoms with Gasteiger partial charge < -0.3 is 15.0 Å². The fourth-order valence-corrected chi connectivity index (χ4v) is 4.82. The molecule has 5 rings (SSSR count). The molecule has 4 heterocycles. The van der Waals surface area contributed by atoms with Gasteiger partial charge in [-0.2, -0.15) is 10.2 Å². The van der Waals surface area contributed by atoms with Gasteiger partial charge in [-0.1, -0.05) is 11.3 Å². The smallest absolute Gasteiger partial charge is 0.274 e. The highest BCUT2D eigenvalue weighted by molar-refractivity contribution is 7.21. The monoisotopic (exact) mass is 550 g/mol. The summed E-state index contributed by atoms with van der Waals surface area (Å²) in [5.74, 6) is -0.101. The lowest BCUT2D eigenvalue weighted by molar-refractivity contribution is 0.0729. The number of hydrogen-bond donors (Lipinski definition) is 2. The van der Waals surface area contributed by atoms with Crippen LogP contribution in [0.3, 0.4) is 0 Å². The van der Waals surface area contributed by atoms with E-state index in [9.17, 15) is 14.9 Å². The van der Waals surface area contributed by atoms with Crippen molar-refractivity contribution in [3.8, 4) is 22.9 Å². The molecule has 0 aliphatic carbocycles. The molecule has 194 valence electrons. The van der Waals surface area contributed by atoms with Crippen molar-refractivity contribution in [2.45, 2.75) is 6.92 Å². The number of amides is 2. The van der Waals surface area contributed by atoms with E-state index in [1.807, 2.05) is 6.92 Å². The van der Waals surface area contributed by atoms with Crippen LogP contribution in [0.4, 0.5) is 5.13 Å². The number of thiazole rings is 1. The van der Waals surface area contributed by atoms with E-state index >= 15 is 0 Å². The minimum Gasteiger partial charge on any atom is -0.496 e.